The van der Waals surface area contributed by atoms with Gasteiger partial charge in [-0.3, -0.25) is 4.79 Å². The number of anilines is 1. The van der Waals surface area contributed by atoms with Crippen LogP contribution in [0.3, 0.4) is 0 Å². The van der Waals surface area contributed by atoms with Gasteiger partial charge in [0.2, 0.25) is 0 Å². The molecule has 1 saturated heterocycles. The second kappa shape index (κ2) is 7.67. The SMILES string of the molecule is O=c1c(Cl)c(NC[C@@H]2CCCOC2)cnn1-c1ccc(C(F)(F)F)cc1. The molecule has 1 fully saturated rings. The fraction of sp³-hybridized carbons (Fsp3) is 0.412. The van der Waals surface area contributed by atoms with E-state index in [2.05, 4.69) is 10.4 Å². The van der Waals surface area contributed by atoms with Crippen molar-refractivity contribution in [3.8, 4) is 5.69 Å². The second-order valence-corrected chi connectivity index (χ2v) is 6.48. The number of hydrogen-bond acceptors (Lipinski definition) is 4. The largest absolute Gasteiger partial charge is 0.416 e. The Kier molecular flexibility index (Phi) is 5.52. The highest BCUT2D eigenvalue weighted by atomic mass is 35.5. The first kappa shape index (κ1) is 18.7. The number of hydrogen-bond donors (Lipinski definition) is 1. The molecule has 2 aromatic rings. The molecule has 9 heteroatoms. The van der Waals surface area contributed by atoms with Crippen LogP contribution in [0.2, 0.25) is 5.02 Å². The van der Waals surface area contributed by atoms with E-state index in [0.29, 0.717) is 24.8 Å². The Morgan fingerprint density at radius 2 is 2.04 bits per heavy atom. The van der Waals surface area contributed by atoms with Crippen LogP contribution in [-0.2, 0) is 10.9 Å². The van der Waals surface area contributed by atoms with Gasteiger partial charge in [-0.25, -0.2) is 0 Å². The summed E-state index contributed by atoms with van der Waals surface area (Å²) in [6.07, 6.45) is -1.02. The van der Waals surface area contributed by atoms with Gasteiger partial charge < -0.3 is 10.1 Å². The van der Waals surface area contributed by atoms with Crippen molar-refractivity contribution in [2.75, 3.05) is 25.1 Å². The number of aromatic nitrogens is 2. The predicted octanol–water partition coefficient (Wildman–Crippen LogP) is 3.74. The van der Waals surface area contributed by atoms with Gasteiger partial charge in [0.25, 0.3) is 5.56 Å². The van der Waals surface area contributed by atoms with Crippen molar-refractivity contribution < 1.29 is 17.9 Å². The number of nitrogens with zero attached hydrogens (tertiary/aromatic N) is 2. The maximum Gasteiger partial charge on any atom is 0.416 e. The maximum absolute atomic E-state index is 12.6. The highest BCUT2D eigenvalue weighted by Crippen LogP contribution is 2.29. The fourth-order valence-corrected chi connectivity index (χ4v) is 2.95. The van der Waals surface area contributed by atoms with Gasteiger partial charge in [0, 0.05) is 13.2 Å². The standard InChI is InChI=1S/C17H17ClF3N3O2/c18-15-14(22-8-11-2-1-7-26-10-11)9-23-24(16(15)25)13-5-3-12(4-6-13)17(19,20)21/h3-6,9,11,22H,1-2,7-8,10H2/t11-/m0/s1. The minimum Gasteiger partial charge on any atom is -0.382 e. The van der Waals surface area contributed by atoms with E-state index in [-0.39, 0.29) is 10.7 Å². The molecule has 3 rings (SSSR count). The zero-order valence-corrected chi connectivity index (χ0v) is 14.5. The van der Waals surface area contributed by atoms with Gasteiger partial charge in [0.1, 0.15) is 5.02 Å². The van der Waals surface area contributed by atoms with Gasteiger partial charge in [-0.15, -0.1) is 0 Å². The second-order valence-electron chi connectivity index (χ2n) is 6.10. The number of benzene rings is 1. The van der Waals surface area contributed by atoms with E-state index in [4.69, 9.17) is 16.3 Å². The van der Waals surface area contributed by atoms with Crippen LogP contribution in [0.1, 0.15) is 18.4 Å². The van der Waals surface area contributed by atoms with Crippen LogP contribution in [0.5, 0.6) is 0 Å². The Morgan fingerprint density at radius 3 is 2.65 bits per heavy atom. The molecule has 1 N–H and O–H groups in total. The van der Waals surface area contributed by atoms with Crippen LogP contribution in [0.4, 0.5) is 18.9 Å². The minimum atomic E-state index is -4.44. The number of ether oxygens (including phenoxy) is 1. The van der Waals surface area contributed by atoms with Crippen LogP contribution in [-0.4, -0.2) is 29.5 Å². The zero-order chi connectivity index (χ0) is 18.7. The van der Waals surface area contributed by atoms with Gasteiger partial charge >= 0.3 is 6.18 Å². The first-order valence-corrected chi connectivity index (χ1v) is 8.51. The normalized spacial score (nSPS) is 17.9. The topological polar surface area (TPSA) is 56.1 Å². The van der Waals surface area contributed by atoms with E-state index in [0.717, 1.165) is 36.3 Å². The van der Waals surface area contributed by atoms with E-state index in [1.807, 2.05) is 0 Å². The van der Waals surface area contributed by atoms with Gasteiger partial charge in [-0.05, 0) is 43.0 Å². The molecule has 0 spiro atoms. The Bertz CT molecular complexity index is 815. The molecule has 5 nitrogen and oxygen atoms in total. The molecule has 1 aromatic carbocycles. The Labute approximate surface area is 152 Å². The predicted molar refractivity (Wildman–Crippen MR) is 91.9 cm³/mol. The average molecular weight is 388 g/mol. The van der Waals surface area contributed by atoms with Gasteiger partial charge in [0.05, 0.1) is 29.7 Å². The molecule has 0 radical (unpaired) electrons. The first-order valence-electron chi connectivity index (χ1n) is 8.13. The van der Waals surface area contributed by atoms with Crippen molar-refractivity contribution in [1.29, 1.82) is 0 Å². The quantitative estimate of drug-likeness (QED) is 0.868. The maximum atomic E-state index is 12.6. The molecule has 1 aliphatic rings. The van der Waals surface area contributed by atoms with Gasteiger partial charge in [-0.1, -0.05) is 11.6 Å². The van der Waals surface area contributed by atoms with E-state index in [9.17, 15) is 18.0 Å². The number of alkyl halides is 3. The lowest BCUT2D eigenvalue weighted by molar-refractivity contribution is -0.137. The Morgan fingerprint density at radius 1 is 1.31 bits per heavy atom. The van der Waals surface area contributed by atoms with Crippen LogP contribution in [0.25, 0.3) is 5.69 Å². The lowest BCUT2D eigenvalue weighted by Gasteiger charge is -2.22. The van der Waals surface area contributed by atoms with Crippen LogP contribution >= 0.6 is 11.6 Å². The average Bonchev–Trinajstić information content (AvgIpc) is 2.63. The summed E-state index contributed by atoms with van der Waals surface area (Å²) in [6.45, 7) is 2.02. The van der Waals surface area contributed by atoms with Gasteiger partial charge in [0.15, 0.2) is 0 Å². The first-order chi connectivity index (χ1) is 12.4. The van der Waals surface area contributed by atoms with E-state index in [1.165, 1.54) is 18.3 Å². The lowest BCUT2D eigenvalue weighted by atomic mass is 10.0. The van der Waals surface area contributed by atoms with Crippen molar-refractivity contribution in [3.05, 3.63) is 51.4 Å². The van der Waals surface area contributed by atoms with Crippen molar-refractivity contribution in [3.63, 3.8) is 0 Å². The summed E-state index contributed by atoms with van der Waals surface area (Å²) in [6, 6.07) is 4.15. The van der Waals surface area contributed by atoms with Crippen molar-refractivity contribution >= 4 is 17.3 Å². The summed E-state index contributed by atoms with van der Waals surface area (Å²) in [5.41, 5.74) is -0.799. The summed E-state index contributed by atoms with van der Waals surface area (Å²) >= 11 is 6.12. The third kappa shape index (κ3) is 4.19. The van der Waals surface area contributed by atoms with Gasteiger partial charge in [-0.2, -0.15) is 23.0 Å². The van der Waals surface area contributed by atoms with E-state index in [1.54, 1.807) is 0 Å². The molecular weight excluding hydrogens is 371 g/mol. The van der Waals surface area contributed by atoms with Crippen molar-refractivity contribution in [2.24, 2.45) is 5.92 Å². The molecule has 2 heterocycles. The summed E-state index contributed by atoms with van der Waals surface area (Å²) in [5, 5.41) is 7.05. The number of halogens is 4. The molecule has 0 saturated carbocycles. The third-order valence-electron chi connectivity index (χ3n) is 4.19. The molecule has 0 unspecified atom stereocenters. The number of nitrogens with one attached hydrogen (secondary N) is 1. The highest BCUT2D eigenvalue weighted by molar-refractivity contribution is 6.32. The molecule has 140 valence electrons. The van der Waals surface area contributed by atoms with E-state index >= 15 is 0 Å². The lowest BCUT2D eigenvalue weighted by Crippen LogP contribution is -2.26. The number of rotatable bonds is 4. The Hall–Kier alpha value is -2.06. The zero-order valence-electron chi connectivity index (χ0n) is 13.7. The van der Waals surface area contributed by atoms with Crippen LogP contribution < -0.4 is 10.9 Å². The smallest absolute Gasteiger partial charge is 0.382 e. The Balaban J connectivity index is 1.77. The summed E-state index contributed by atoms with van der Waals surface area (Å²) < 4.78 is 44.3. The van der Waals surface area contributed by atoms with E-state index < -0.39 is 17.3 Å². The fourth-order valence-electron chi connectivity index (χ4n) is 2.75. The molecule has 0 amide bonds. The molecule has 26 heavy (non-hydrogen) atoms. The minimum absolute atomic E-state index is 0.0587. The van der Waals surface area contributed by atoms with Crippen molar-refractivity contribution in [2.45, 2.75) is 19.0 Å². The summed E-state index contributed by atoms with van der Waals surface area (Å²) in [7, 11) is 0. The summed E-state index contributed by atoms with van der Waals surface area (Å²) in [5.74, 6) is 0.331. The molecule has 1 aliphatic heterocycles. The van der Waals surface area contributed by atoms with Crippen molar-refractivity contribution in [1.82, 2.24) is 9.78 Å². The van der Waals surface area contributed by atoms with Crippen LogP contribution in [0, 0.1) is 5.92 Å². The monoisotopic (exact) mass is 387 g/mol. The molecule has 0 aliphatic carbocycles. The highest BCUT2D eigenvalue weighted by Gasteiger charge is 2.30. The molecule has 1 aromatic heterocycles. The molecule has 0 bridgehead atoms. The molecule has 1 atom stereocenters. The summed E-state index contributed by atoms with van der Waals surface area (Å²) in [4.78, 5) is 12.4. The third-order valence-corrected chi connectivity index (χ3v) is 4.56. The molecular formula is C17H17ClF3N3O2. The van der Waals surface area contributed by atoms with Crippen LogP contribution in [0.15, 0.2) is 35.3 Å².